The number of hydrogen-bond acceptors (Lipinski definition) is 4. The van der Waals surface area contributed by atoms with Gasteiger partial charge in [0, 0.05) is 12.3 Å². The predicted molar refractivity (Wildman–Crippen MR) is 84.9 cm³/mol. The van der Waals surface area contributed by atoms with E-state index in [2.05, 4.69) is 0 Å². The van der Waals surface area contributed by atoms with Crippen LogP contribution >= 0.6 is 7.60 Å². The zero-order valence-electron chi connectivity index (χ0n) is 13.3. The van der Waals surface area contributed by atoms with Crippen LogP contribution in [0.2, 0.25) is 0 Å². The Labute approximate surface area is 127 Å². The smallest absolute Gasteiger partial charge is 0.309 e. The molecule has 0 spiro atoms. The lowest BCUT2D eigenvalue weighted by atomic mass is 9.95. The summed E-state index contributed by atoms with van der Waals surface area (Å²) in [5, 5.41) is 0. The summed E-state index contributed by atoms with van der Waals surface area (Å²) in [4.78, 5) is 11.5. The molecule has 1 atom stereocenters. The minimum atomic E-state index is -3.16. The number of benzene rings is 1. The van der Waals surface area contributed by atoms with Crippen molar-refractivity contribution in [3.05, 3.63) is 35.4 Å². The summed E-state index contributed by atoms with van der Waals surface area (Å²) in [7, 11) is -3.16. The Morgan fingerprint density at radius 3 is 2.10 bits per heavy atom. The van der Waals surface area contributed by atoms with Crippen molar-refractivity contribution in [3.63, 3.8) is 0 Å². The molecular formula is C16H25O4P. The van der Waals surface area contributed by atoms with E-state index < -0.39 is 7.60 Å². The van der Waals surface area contributed by atoms with Gasteiger partial charge in [-0.3, -0.25) is 4.57 Å². The quantitative estimate of drug-likeness (QED) is 0.637. The lowest BCUT2D eigenvalue weighted by Gasteiger charge is -2.23. The molecule has 0 aliphatic heterocycles. The zero-order valence-corrected chi connectivity index (χ0v) is 14.2. The van der Waals surface area contributed by atoms with Gasteiger partial charge in [-0.15, -0.1) is 0 Å². The van der Waals surface area contributed by atoms with Crippen LogP contribution in [0, 0.1) is 6.92 Å². The predicted octanol–water partition coefficient (Wildman–Crippen LogP) is 4.32. The van der Waals surface area contributed by atoms with Gasteiger partial charge in [0.2, 0.25) is 0 Å². The molecule has 0 aromatic heterocycles. The van der Waals surface area contributed by atoms with E-state index in [0.29, 0.717) is 19.6 Å². The summed E-state index contributed by atoms with van der Waals surface area (Å²) >= 11 is 0. The lowest BCUT2D eigenvalue weighted by molar-refractivity contribution is -0.117. The lowest BCUT2D eigenvalue weighted by Crippen LogP contribution is -2.12. The number of aryl methyl sites for hydroxylation is 1. The van der Waals surface area contributed by atoms with Gasteiger partial charge in [-0.1, -0.05) is 29.8 Å². The highest BCUT2D eigenvalue weighted by atomic mass is 31.2. The Kier molecular flexibility index (Phi) is 7.30. The molecule has 0 saturated carbocycles. The van der Waals surface area contributed by atoms with Gasteiger partial charge >= 0.3 is 7.60 Å². The van der Waals surface area contributed by atoms with Gasteiger partial charge < -0.3 is 13.8 Å². The van der Waals surface area contributed by atoms with Crippen molar-refractivity contribution >= 4 is 13.4 Å². The van der Waals surface area contributed by atoms with E-state index in [9.17, 15) is 9.36 Å². The van der Waals surface area contributed by atoms with Crippen molar-refractivity contribution in [1.82, 2.24) is 0 Å². The van der Waals surface area contributed by atoms with E-state index in [4.69, 9.17) is 9.05 Å². The molecule has 118 valence electrons. The monoisotopic (exact) mass is 312 g/mol. The fraction of sp³-hybridized carbons (Fsp3) is 0.562. The van der Waals surface area contributed by atoms with E-state index in [1.807, 2.05) is 31.2 Å². The number of Topliss-reactive ketones (excluding diaryl/α,β-unsaturated/α-hetero) is 1. The van der Waals surface area contributed by atoms with Crippen molar-refractivity contribution in [2.75, 3.05) is 19.4 Å². The SMILES string of the molecule is CCOP(=O)(C[C@@H](CC(C)=O)c1ccc(C)cc1)OCC. The summed E-state index contributed by atoms with van der Waals surface area (Å²) in [6.45, 7) is 7.80. The second-order valence-electron chi connectivity index (χ2n) is 5.14. The Bertz CT molecular complexity index is 486. The van der Waals surface area contributed by atoms with Crippen LogP contribution in [-0.4, -0.2) is 25.2 Å². The molecule has 0 aliphatic rings. The molecule has 21 heavy (non-hydrogen) atoms. The number of hydrogen-bond donors (Lipinski definition) is 0. The Morgan fingerprint density at radius 1 is 1.14 bits per heavy atom. The summed E-state index contributed by atoms with van der Waals surface area (Å²) in [5.41, 5.74) is 2.15. The van der Waals surface area contributed by atoms with Crippen LogP contribution in [0.25, 0.3) is 0 Å². The molecule has 4 nitrogen and oxygen atoms in total. The minimum absolute atomic E-state index is 0.0696. The highest BCUT2D eigenvalue weighted by molar-refractivity contribution is 7.53. The minimum Gasteiger partial charge on any atom is -0.309 e. The van der Waals surface area contributed by atoms with Crippen molar-refractivity contribution in [2.24, 2.45) is 0 Å². The molecule has 0 bridgehead atoms. The van der Waals surface area contributed by atoms with Crippen LogP contribution in [0.1, 0.15) is 44.2 Å². The molecule has 0 saturated heterocycles. The van der Waals surface area contributed by atoms with Crippen LogP contribution < -0.4 is 0 Å². The maximum atomic E-state index is 12.7. The van der Waals surface area contributed by atoms with E-state index >= 15 is 0 Å². The van der Waals surface area contributed by atoms with Crippen LogP contribution in [0.4, 0.5) is 0 Å². The number of ketones is 1. The summed E-state index contributed by atoms with van der Waals surface area (Å²) < 4.78 is 23.4. The van der Waals surface area contributed by atoms with Gasteiger partial charge in [0.1, 0.15) is 5.78 Å². The average molecular weight is 312 g/mol. The number of carbonyl (C=O) groups is 1. The van der Waals surface area contributed by atoms with E-state index in [1.54, 1.807) is 20.8 Å². The first-order chi connectivity index (χ1) is 9.90. The van der Waals surface area contributed by atoms with Gasteiger partial charge in [-0.25, -0.2) is 0 Å². The molecule has 0 radical (unpaired) electrons. The Balaban J connectivity index is 2.98. The first kappa shape index (κ1) is 18.1. The normalized spacial score (nSPS) is 13.1. The van der Waals surface area contributed by atoms with Gasteiger partial charge in [-0.2, -0.15) is 0 Å². The third-order valence-electron chi connectivity index (χ3n) is 3.18. The van der Waals surface area contributed by atoms with Crippen LogP contribution in [0.15, 0.2) is 24.3 Å². The first-order valence-corrected chi connectivity index (χ1v) is 9.07. The molecule has 0 amide bonds. The van der Waals surface area contributed by atoms with Crippen molar-refractivity contribution < 1.29 is 18.4 Å². The van der Waals surface area contributed by atoms with E-state index in [1.165, 1.54) is 0 Å². The molecule has 0 N–H and O–H groups in total. The number of rotatable bonds is 9. The third-order valence-corrected chi connectivity index (χ3v) is 5.37. The van der Waals surface area contributed by atoms with Gasteiger partial charge in [0.05, 0.1) is 19.4 Å². The summed E-state index contributed by atoms with van der Waals surface area (Å²) in [6, 6.07) is 7.94. The number of carbonyl (C=O) groups excluding carboxylic acids is 1. The van der Waals surface area contributed by atoms with Gasteiger partial charge in [0.15, 0.2) is 0 Å². The summed E-state index contributed by atoms with van der Waals surface area (Å²) in [6.07, 6.45) is 0.574. The Morgan fingerprint density at radius 2 is 1.67 bits per heavy atom. The molecule has 1 rings (SSSR count). The molecule has 0 heterocycles. The Hall–Kier alpha value is -0.960. The van der Waals surface area contributed by atoms with Crippen LogP contribution in [0.3, 0.4) is 0 Å². The van der Waals surface area contributed by atoms with Gasteiger partial charge in [-0.05, 0) is 33.3 Å². The standard InChI is InChI=1S/C16H25O4P/c1-5-19-21(18,20-6-2)12-16(11-14(4)17)15-9-7-13(3)8-10-15/h7-10,16H,5-6,11-12H2,1-4H3/t16-/m1/s1. The largest absolute Gasteiger partial charge is 0.331 e. The highest BCUT2D eigenvalue weighted by Gasteiger charge is 2.30. The zero-order chi connectivity index (χ0) is 15.9. The maximum Gasteiger partial charge on any atom is 0.331 e. The van der Waals surface area contributed by atoms with E-state index in [-0.39, 0.29) is 17.9 Å². The molecular weight excluding hydrogens is 287 g/mol. The van der Waals surface area contributed by atoms with Crippen molar-refractivity contribution in [2.45, 2.75) is 40.0 Å². The fourth-order valence-corrected chi connectivity index (χ4v) is 4.23. The third kappa shape index (κ3) is 6.13. The highest BCUT2D eigenvalue weighted by Crippen LogP contribution is 2.51. The van der Waals surface area contributed by atoms with Crippen molar-refractivity contribution in [1.29, 1.82) is 0 Å². The fourth-order valence-electron chi connectivity index (χ4n) is 2.28. The first-order valence-electron chi connectivity index (χ1n) is 7.34. The molecule has 0 fully saturated rings. The summed E-state index contributed by atoms with van der Waals surface area (Å²) in [5.74, 6) is -0.0767. The van der Waals surface area contributed by atoms with Crippen LogP contribution in [0.5, 0.6) is 0 Å². The van der Waals surface area contributed by atoms with Crippen molar-refractivity contribution in [3.8, 4) is 0 Å². The maximum absolute atomic E-state index is 12.7. The van der Waals surface area contributed by atoms with Crippen LogP contribution in [-0.2, 0) is 18.4 Å². The average Bonchev–Trinajstić information content (AvgIpc) is 2.38. The molecule has 5 heteroatoms. The molecule has 1 aromatic rings. The van der Waals surface area contributed by atoms with Gasteiger partial charge in [0.25, 0.3) is 0 Å². The second-order valence-corrected chi connectivity index (χ2v) is 7.25. The molecule has 0 aliphatic carbocycles. The second kappa shape index (κ2) is 8.47. The molecule has 1 aromatic carbocycles. The van der Waals surface area contributed by atoms with E-state index in [0.717, 1.165) is 11.1 Å². The topological polar surface area (TPSA) is 52.6 Å². The molecule has 0 unspecified atom stereocenters.